The molecule has 0 radical (unpaired) electrons. The van der Waals surface area contributed by atoms with Crippen LogP contribution in [0.5, 0.6) is 0 Å². The van der Waals surface area contributed by atoms with Crippen LogP contribution in [0.3, 0.4) is 0 Å². The lowest BCUT2D eigenvalue weighted by Crippen LogP contribution is -2.02. The van der Waals surface area contributed by atoms with Crippen LogP contribution < -0.4 is 5.32 Å². The first-order chi connectivity index (χ1) is 10.2. The molecule has 0 aliphatic carbocycles. The highest BCUT2D eigenvalue weighted by molar-refractivity contribution is 9.10. The highest BCUT2D eigenvalue weighted by Crippen LogP contribution is 2.25. The van der Waals surface area contributed by atoms with E-state index in [1.54, 1.807) is 11.0 Å². The monoisotopic (exact) mass is 363 g/mol. The predicted octanol–water partition coefficient (Wildman–Crippen LogP) is 3.69. The Morgan fingerprint density at radius 1 is 1.19 bits per heavy atom. The summed E-state index contributed by atoms with van der Waals surface area (Å²) in [6, 6.07) is 13.7. The van der Waals surface area contributed by atoms with Crippen LogP contribution in [0.15, 0.2) is 53.3 Å². The Hall–Kier alpha value is -1.92. The standard InChI is InChI=1S/C14H11BrClN5/c15-11-3-1-2-10(6-11)8-17-14-7-12(4-5-13(14)16)21-9-18-19-20-21/h1-7,9,17H,8H2. The molecule has 0 saturated heterocycles. The fourth-order valence-corrected chi connectivity index (χ4v) is 2.55. The number of nitrogens with one attached hydrogen (secondary N) is 1. The van der Waals surface area contributed by atoms with Crippen molar-refractivity contribution in [1.29, 1.82) is 0 Å². The minimum Gasteiger partial charge on any atom is -0.380 e. The zero-order valence-electron chi connectivity index (χ0n) is 10.9. The smallest absolute Gasteiger partial charge is 0.143 e. The van der Waals surface area contributed by atoms with Gasteiger partial charge in [-0.2, -0.15) is 0 Å². The van der Waals surface area contributed by atoms with Crippen molar-refractivity contribution in [1.82, 2.24) is 20.2 Å². The molecule has 2 aromatic carbocycles. The fraction of sp³-hybridized carbons (Fsp3) is 0.0714. The average Bonchev–Trinajstić information content (AvgIpc) is 3.01. The van der Waals surface area contributed by atoms with Crippen molar-refractivity contribution in [3.8, 4) is 5.69 Å². The number of benzene rings is 2. The number of nitrogens with zero attached hydrogens (tertiary/aromatic N) is 4. The van der Waals surface area contributed by atoms with Gasteiger partial charge < -0.3 is 5.32 Å². The van der Waals surface area contributed by atoms with E-state index in [9.17, 15) is 0 Å². The second-order valence-corrected chi connectivity index (χ2v) is 5.72. The first-order valence-corrected chi connectivity index (χ1v) is 7.41. The number of rotatable bonds is 4. The van der Waals surface area contributed by atoms with Crippen molar-refractivity contribution in [2.75, 3.05) is 5.32 Å². The summed E-state index contributed by atoms with van der Waals surface area (Å²) in [6.07, 6.45) is 1.54. The zero-order valence-corrected chi connectivity index (χ0v) is 13.2. The molecule has 0 aliphatic rings. The molecule has 0 saturated carbocycles. The molecule has 0 bridgehead atoms. The molecule has 1 heterocycles. The second-order valence-electron chi connectivity index (χ2n) is 4.40. The number of anilines is 1. The van der Waals surface area contributed by atoms with E-state index >= 15 is 0 Å². The summed E-state index contributed by atoms with van der Waals surface area (Å²) in [5.41, 5.74) is 2.85. The van der Waals surface area contributed by atoms with Gasteiger partial charge >= 0.3 is 0 Å². The lowest BCUT2D eigenvalue weighted by Gasteiger charge is -2.10. The summed E-state index contributed by atoms with van der Waals surface area (Å²) in [5, 5.41) is 15.1. The normalized spacial score (nSPS) is 10.6. The highest BCUT2D eigenvalue weighted by Gasteiger charge is 2.05. The summed E-state index contributed by atoms with van der Waals surface area (Å²) in [7, 11) is 0. The van der Waals surface area contributed by atoms with Gasteiger partial charge in [0.25, 0.3) is 0 Å². The molecule has 106 valence electrons. The van der Waals surface area contributed by atoms with Crippen LogP contribution in [0.25, 0.3) is 5.69 Å². The van der Waals surface area contributed by atoms with E-state index in [1.165, 1.54) is 0 Å². The summed E-state index contributed by atoms with van der Waals surface area (Å²) in [4.78, 5) is 0. The maximum absolute atomic E-state index is 6.22. The third-order valence-electron chi connectivity index (χ3n) is 2.94. The SMILES string of the molecule is Clc1ccc(-n2cnnn2)cc1NCc1cccc(Br)c1. The van der Waals surface area contributed by atoms with E-state index in [0.717, 1.165) is 21.4 Å². The average molecular weight is 365 g/mol. The Bertz CT molecular complexity index is 745. The number of aromatic nitrogens is 4. The van der Waals surface area contributed by atoms with E-state index in [-0.39, 0.29) is 0 Å². The van der Waals surface area contributed by atoms with Crippen LogP contribution >= 0.6 is 27.5 Å². The molecular weight excluding hydrogens is 354 g/mol. The summed E-state index contributed by atoms with van der Waals surface area (Å²) < 4.78 is 2.64. The first kappa shape index (κ1) is 14.0. The Morgan fingerprint density at radius 2 is 2.10 bits per heavy atom. The van der Waals surface area contributed by atoms with Crippen LogP contribution in [0.4, 0.5) is 5.69 Å². The van der Waals surface area contributed by atoms with Gasteiger partial charge in [-0.05, 0) is 46.3 Å². The number of tetrazole rings is 1. The highest BCUT2D eigenvalue weighted by atomic mass is 79.9. The lowest BCUT2D eigenvalue weighted by molar-refractivity contribution is 0.789. The Morgan fingerprint density at radius 3 is 2.86 bits per heavy atom. The van der Waals surface area contributed by atoms with Crippen molar-refractivity contribution < 1.29 is 0 Å². The molecule has 0 amide bonds. The largest absolute Gasteiger partial charge is 0.380 e. The molecule has 21 heavy (non-hydrogen) atoms. The minimum absolute atomic E-state index is 0.654. The van der Waals surface area contributed by atoms with E-state index in [1.807, 2.05) is 30.3 Å². The lowest BCUT2D eigenvalue weighted by atomic mass is 10.2. The Balaban J connectivity index is 1.80. The van der Waals surface area contributed by atoms with Gasteiger partial charge in [-0.1, -0.05) is 39.7 Å². The van der Waals surface area contributed by atoms with Gasteiger partial charge in [0.2, 0.25) is 0 Å². The number of hydrogen-bond acceptors (Lipinski definition) is 4. The molecule has 1 aromatic heterocycles. The van der Waals surface area contributed by atoms with Crippen LogP contribution in [0.1, 0.15) is 5.56 Å². The number of halogens is 2. The van der Waals surface area contributed by atoms with Crippen molar-refractivity contribution in [3.05, 3.63) is 63.9 Å². The summed E-state index contributed by atoms with van der Waals surface area (Å²) in [5.74, 6) is 0. The Kier molecular flexibility index (Phi) is 4.17. The van der Waals surface area contributed by atoms with Gasteiger partial charge in [-0.3, -0.25) is 0 Å². The predicted molar refractivity (Wildman–Crippen MR) is 85.6 cm³/mol. The quantitative estimate of drug-likeness (QED) is 0.767. The molecule has 3 rings (SSSR count). The summed E-state index contributed by atoms with van der Waals surface area (Å²) in [6.45, 7) is 0.679. The van der Waals surface area contributed by atoms with Crippen LogP contribution in [0, 0.1) is 0 Å². The van der Waals surface area contributed by atoms with E-state index in [0.29, 0.717) is 11.6 Å². The van der Waals surface area contributed by atoms with E-state index in [4.69, 9.17) is 11.6 Å². The molecule has 1 N–H and O–H groups in total. The minimum atomic E-state index is 0.654. The molecular formula is C14H11BrClN5. The Labute approximate surface area is 135 Å². The first-order valence-electron chi connectivity index (χ1n) is 6.23. The number of hydrogen-bond donors (Lipinski definition) is 1. The fourth-order valence-electron chi connectivity index (χ4n) is 1.92. The summed E-state index contributed by atoms with van der Waals surface area (Å²) >= 11 is 9.68. The maximum atomic E-state index is 6.22. The maximum Gasteiger partial charge on any atom is 0.143 e. The van der Waals surface area contributed by atoms with Crippen molar-refractivity contribution in [3.63, 3.8) is 0 Å². The van der Waals surface area contributed by atoms with Crippen LogP contribution in [-0.2, 0) is 6.54 Å². The van der Waals surface area contributed by atoms with Crippen LogP contribution in [0.2, 0.25) is 5.02 Å². The van der Waals surface area contributed by atoms with Gasteiger partial charge in [0, 0.05) is 11.0 Å². The van der Waals surface area contributed by atoms with Gasteiger partial charge in [0.15, 0.2) is 0 Å². The molecule has 0 spiro atoms. The van der Waals surface area contributed by atoms with Gasteiger partial charge in [0.05, 0.1) is 16.4 Å². The molecule has 0 atom stereocenters. The van der Waals surface area contributed by atoms with Crippen molar-refractivity contribution in [2.24, 2.45) is 0 Å². The van der Waals surface area contributed by atoms with E-state index in [2.05, 4.69) is 48.9 Å². The third-order valence-corrected chi connectivity index (χ3v) is 3.76. The van der Waals surface area contributed by atoms with Gasteiger partial charge in [0.1, 0.15) is 6.33 Å². The molecule has 0 unspecified atom stereocenters. The molecule has 0 aliphatic heterocycles. The zero-order chi connectivity index (χ0) is 14.7. The molecule has 5 nitrogen and oxygen atoms in total. The topological polar surface area (TPSA) is 55.6 Å². The molecule has 3 aromatic rings. The molecule has 0 fully saturated rings. The second kappa shape index (κ2) is 6.24. The van der Waals surface area contributed by atoms with Crippen molar-refractivity contribution in [2.45, 2.75) is 6.54 Å². The third kappa shape index (κ3) is 3.40. The molecule has 7 heteroatoms. The van der Waals surface area contributed by atoms with E-state index < -0.39 is 0 Å². The van der Waals surface area contributed by atoms with Crippen LogP contribution in [-0.4, -0.2) is 20.2 Å². The van der Waals surface area contributed by atoms with Gasteiger partial charge in [-0.25, -0.2) is 4.68 Å². The van der Waals surface area contributed by atoms with Crippen molar-refractivity contribution >= 4 is 33.2 Å². The van der Waals surface area contributed by atoms with Gasteiger partial charge in [-0.15, -0.1) is 5.10 Å².